The molecule has 0 unspecified atom stereocenters. The summed E-state index contributed by atoms with van der Waals surface area (Å²) in [6.07, 6.45) is 2.82. The number of unbranched alkanes of at least 4 members (excludes halogenated alkanes) is 1. The van der Waals surface area contributed by atoms with E-state index in [9.17, 15) is 14.9 Å². The van der Waals surface area contributed by atoms with Crippen LogP contribution in [0.3, 0.4) is 0 Å². The molecule has 0 saturated heterocycles. The molecule has 0 bridgehead atoms. The summed E-state index contributed by atoms with van der Waals surface area (Å²) in [6, 6.07) is 1.32. The minimum absolute atomic E-state index is 0.114. The Morgan fingerprint density at radius 2 is 2.33 bits per heavy atom. The van der Waals surface area contributed by atoms with Crippen LogP contribution in [0.2, 0.25) is 0 Å². The van der Waals surface area contributed by atoms with Crippen molar-refractivity contribution in [2.45, 2.75) is 25.8 Å². The summed E-state index contributed by atoms with van der Waals surface area (Å²) in [5.74, 6) is -1.02. The smallest absolute Gasteiger partial charge is 0.389 e. The van der Waals surface area contributed by atoms with Crippen molar-refractivity contribution < 1.29 is 14.8 Å². The lowest BCUT2D eigenvalue weighted by molar-refractivity contribution is -0.389. The third-order valence-electron chi connectivity index (χ3n) is 1.84. The van der Waals surface area contributed by atoms with Crippen molar-refractivity contribution in [3.63, 3.8) is 0 Å². The van der Waals surface area contributed by atoms with Crippen molar-refractivity contribution in [2.24, 2.45) is 0 Å². The third kappa shape index (κ3) is 3.75. The lowest BCUT2D eigenvalue weighted by atomic mass is 10.2. The number of nitrogens with zero attached hydrogens (tertiary/aromatic N) is 3. The first-order valence-corrected chi connectivity index (χ1v) is 4.49. The molecule has 1 aromatic rings. The number of rotatable bonds is 6. The van der Waals surface area contributed by atoms with Crippen LogP contribution in [0.5, 0.6) is 0 Å². The molecule has 1 N–H and O–H groups in total. The van der Waals surface area contributed by atoms with E-state index >= 15 is 0 Å². The average Bonchev–Trinajstić information content (AvgIpc) is 2.60. The maximum Gasteiger partial charge on any atom is 0.389 e. The van der Waals surface area contributed by atoms with E-state index in [2.05, 4.69) is 5.10 Å². The molecule has 0 aliphatic carbocycles. The number of hydrogen-bond acceptors (Lipinski definition) is 4. The fraction of sp³-hybridized carbons (Fsp3) is 0.500. The van der Waals surface area contributed by atoms with Gasteiger partial charge in [0.05, 0.1) is 23.9 Å². The number of carboxylic acids is 1. The van der Waals surface area contributed by atoms with Crippen LogP contribution >= 0.6 is 0 Å². The fourth-order valence-corrected chi connectivity index (χ4v) is 1.12. The number of nitro groups is 1. The molecular weight excluding hydrogens is 202 g/mol. The molecule has 0 spiro atoms. The largest absolute Gasteiger partial charge is 0.481 e. The van der Waals surface area contributed by atoms with Gasteiger partial charge in [0.15, 0.2) is 0 Å². The van der Waals surface area contributed by atoms with E-state index in [4.69, 9.17) is 5.11 Å². The van der Waals surface area contributed by atoms with Gasteiger partial charge in [-0.3, -0.25) is 4.79 Å². The molecule has 0 aromatic carbocycles. The number of carbonyl (C=O) groups is 1. The number of aliphatic carboxylic acids is 1. The molecule has 0 aliphatic rings. The second-order valence-corrected chi connectivity index (χ2v) is 3.04. The van der Waals surface area contributed by atoms with E-state index in [-0.39, 0.29) is 12.2 Å². The lowest BCUT2D eigenvalue weighted by Crippen LogP contribution is -2.01. The lowest BCUT2D eigenvalue weighted by Gasteiger charge is -1.95. The Hall–Kier alpha value is -1.92. The highest BCUT2D eigenvalue weighted by Crippen LogP contribution is 2.06. The van der Waals surface area contributed by atoms with Gasteiger partial charge in [-0.15, -0.1) is 0 Å². The highest BCUT2D eigenvalue weighted by atomic mass is 16.6. The highest BCUT2D eigenvalue weighted by Gasteiger charge is 2.09. The van der Waals surface area contributed by atoms with E-state index in [1.807, 2.05) is 0 Å². The number of aromatic nitrogens is 2. The number of carboxylic acid groups (broad SMARTS) is 1. The van der Waals surface area contributed by atoms with Crippen LogP contribution in [0.4, 0.5) is 5.82 Å². The van der Waals surface area contributed by atoms with Crippen molar-refractivity contribution in [3.05, 3.63) is 22.4 Å². The van der Waals surface area contributed by atoms with Crippen molar-refractivity contribution in [3.8, 4) is 0 Å². The molecule has 7 heteroatoms. The Balaban J connectivity index is 2.31. The Morgan fingerprint density at radius 1 is 1.60 bits per heavy atom. The van der Waals surface area contributed by atoms with Gasteiger partial charge < -0.3 is 15.2 Å². The Labute approximate surface area is 85.5 Å². The summed E-state index contributed by atoms with van der Waals surface area (Å²) < 4.78 is 1.44. The van der Waals surface area contributed by atoms with Gasteiger partial charge in [0, 0.05) is 6.42 Å². The molecular formula is C8H11N3O4. The quantitative estimate of drug-likeness (QED) is 0.432. The molecule has 1 aromatic heterocycles. The SMILES string of the molecule is O=C(O)CCCCn1ccc([N+](=O)[O-])n1. The van der Waals surface area contributed by atoms with Crippen LogP contribution in [0.1, 0.15) is 19.3 Å². The van der Waals surface area contributed by atoms with E-state index in [1.165, 1.54) is 16.9 Å². The number of aryl methyl sites for hydroxylation is 1. The van der Waals surface area contributed by atoms with Crippen LogP contribution in [0.25, 0.3) is 0 Å². The zero-order chi connectivity index (χ0) is 11.3. The van der Waals surface area contributed by atoms with Crippen molar-refractivity contribution in [1.29, 1.82) is 0 Å². The summed E-state index contributed by atoms with van der Waals surface area (Å²) in [5, 5.41) is 22.4. The number of hydrogen-bond donors (Lipinski definition) is 1. The second kappa shape index (κ2) is 5.08. The second-order valence-electron chi connectivity index (χ2n) is 3.04. The Kier molecular flexibility index (Phi) is 3.78. The Bertz CT molecular complexity index is 361. The molecule has 0 aliphatic heterocycles. The van der Waals surface area contributed by atoms with Gasteiger partial charge in [0.2, 0.25) is 0 Å². The van der Waals surface area contributed by atoms with E-state index < -0.39 is 10.9 Å². The Morgan fingerprint density at radius 3 is 2.87 bits per heavy atom. The maximum absolute atomic E-state index is 10.3. The zero-order valence-corrected chi connectivity index (χ0v) is 8.00. The minimum Gasteiger partial charge on any atom is -0.481 e. The van der Waals surface area contributed by atoms with Crippen molar-refractivity contribution in [2.75, 3.05) is 0 Å². The molecule has 0 atom stereocenters. The fourth-order valence-electron chi connectivity index (χ4n) is 1.12. The zero-order valence-electron chi connectivity index (χ0n) is 8.00. The maximum atomic E-state index is 10.3. The summed E-state index contributed by atoms with van der Waals surface area (Å²) in [7, 11) is 0. The van der Waals surface area contributed by atoms with Crippen LogP contribution in [-0.4, -0.2) is 25.8 Å². The first-order valence-electron chi connectivity index (χ1n) is 4.49. The summed E-state index contributed by atoms with van der Waals surface area (Å²) >= 11 is 0. The summed E-state index contributed by atoms with van der Waals surface area (Å²) in [4.78, 5) is 19.9. The van der Waals surface area contributed by atoms with Gasteiger partial charge in [0.25, 0.3) is 0 Å². The van der Waals surface area contributed by atoms with Gasteiger partial charge in [-0.25, -0.2) is 0 Å². The normalized spacial score (nSPS) is 10.1. The van der Waals surface area contributed by atoms with Crippen LogP contribution in [0, 0.1) is 10.1 Å². The van der Waals surface area contributed by atoms with Gasteiger partial charge in [-0.05, 0) is 17.8 Å². The predicted octanol–water partition coefficient (Wildman–Crippen LogP) is 1.05. The van der Waals surface area contributed by atoms with E-state index in [0.717, 1.165) is 0 Å². The molecule has 0 radical (unpaired) electrons. The van der Waals surface area contributed by atoms with Crippen molar-refractivity contribution in [1.82, 2.24) is 9.78 Å². The molecule has 7 nitrogen and oxygen atoms in total. The minimum atomic E-state index is -0.832. The topological polar surface area (TPSA) is 98.3 Å². The van der Waals surface area contributed by atoms with Gasteiger partial charge >= 0.3 is 11.8 Å². The standard InChI is InChI=1S/C8H11N3O4/c12-8(13)3-1-2-5-10-6-4-7(9-10)11(14)15/h4,6H,1-3,5H2,(H,12,13). The molecule has 1 rings (SSSR count). The van der Waals surface area contributed by atoms with E-state index in [0.29, 0.717) is 19.4 Å². The predicted molar refractivity (Wildman–Crippen MR) is 50.4 cm³/mol. The molecule has 0 saturated carbocycles. The summed E-state index contributed by atoms with van der Waals surface area (Å²) in [6.45, 7) is 0.501. The highest BCUT2D eigenvalue weighted by molar-refractivity contribution is 5.66. The van der Waals surface area contributed by atoms with Gasteiger partial charge in [-0.2, -0.15) is 4.68 Å². The monoisotopic (exact) mass is 213 g/mol. The molecule has 15 heavy (non-hydrogen) atoms. The average molecular weight is 213 g/mol. The molecule has 0 fully saturated rings. The first kappa shape index (κ1) is 11.2. The van der Waals surface area contributed by atoms with E-state index in [1.54, 1.807) is 0 Å². The van der Waals surface area contributed by atoms with Crippen LogP contribution < -0.4 is 0 Å². The molecule has 82 valence electrons. The third-order valence-corrected chi connectivity index (χ3v) is 1.84. The van der Waals surface area contributed by atoms with Crippen LogP contribution in [-0.2, 0) is 11.3 Å². The van der Waals surface area contributed by atoms with Gasteiger partial charge in [-0.1, -0.05) is 0 Å². The van der Waals surface area contributed by atoms with Gasteiger partial charge in [0.1, 0.15) is 0 Å². The van der Waals surface area contributed by atoms with Crippen molar-refractivity contribution >= 4 is 11.8 Å². The first-order chi connectivity index (χ1) is 7.09. The van der Waals surface area contributed by atoms with Crippen LogP contribution in [0.15, 0.2) is 12.3 Å². The summed E-state index contributed by atoms with van der Waals surface area (Å²) in [5.41, 5.74) is 0. The molecule has 0 amide bonds. The molecule has 1 heterocycles.